The molecular formula is C9H15N3O2. The summed E-state index contributed by atoms with van der Waals surface area (Å²) in [5, 5.41) is 8.68. The van der Waals surface area contributed by atoms with Crippen LogP contribution in [0.25, 0.3) is 0 Å². The van der Waals surface area contributed by atoms with Crippen molar-refractivity contribution in [3.63, 3.8) is 0 Å². The van der Waals surface area contributed by atoms with Gasteiger partial charge in [-0.05, 0) is 19.4 Å². The molecule has 14 heavy (non-hydrogen) atoms. The Morgan fingerprint density at radius 1 is 1.50 bits per heavy atom. The van der Waals surface area contributed by atoms with Crippen LogP contribution in [0.15, 0.2) is 0 Å². The highest BCUT2D eigenvalue weighted by atomic mass is 16.2. The lowest BCUT2D eigenvalue weighted by molar-refractivity contribution is -0.123. The van der Waals surface area contributed by atoms with E-state index in [1.54, 1.807) is 0 Å². The predicted molar refractivity (Wildman–Crippen MR) is 50.6 cm³/mol. The van der Waals surface area contributed by atoms with Crippen molar-refractivity contribution in [1.82, 2.24) is 16.0 Å². The lowest BCUT2D eigenvalue weighted by Crippen LogP contribution is -2.45. The van der Waals surface area contributed by atoms with Crippen LogP contribution < -0.4 is 16.0 Å². The van der Waals surface area contributed by atoms with Crippen molar-refractivity contribution in [2.24, 2.45) is 0 Å². The van der Waals surface area contributed by atoms with Crippen molar-refractivity contribution in [3.05, 3.63) is 0 Å². The maximum atomic E-state index is 11.6. The average Bonchev–Trinajstić information content (AvgIpc) is 2.75. The second-order valence-electron chi connectivity index (χ2n) is 3.86. The summed E-state index contributed by atoms with van der Waals surface area (Å²) >= 11 is 0. The molecule has 2 heterocycles. The summed E-state index contributed by atoms with van der Waals surface area (Å²) in [6, 6.07) is -0.0666. The van der Waals surface area contributed by atoms with Crippen LogP contribution in [-0.2, 0) is 9.59 Å². The highest BCUT2D eigenvalue weighted by molar-refractivity contribution is 5.84. The first kappa shape index (κ1) is 9.45. The van der Waals surface area contributed by atoms with Gasteiger partial charge < -0.3 is 16.0 Å². The maximum Gasteiger partial charge on any atom is 0.237 e. The second kappa shape index (κ2) is 3.96. The number of nitrogens with one attached hydrogen (secondary N) is 3. The van der Waals surface area contributed by atoms with E-state index >= 15 is 0 Å². The van der Waals surface area contributed by atoms with Gasteiger partial charge in [-0.25, -0.2) is 0 Å². The monoisotopic (exact) mass is 197 g/mol. The Morgan fingerprint density at radius 2 is 2.36 bits per heavy atom. The normalized spacial score (nSPS) is 31.6. The minimum absolute atomic E-state index is 0.0163. The maximum absolute atomic E-state index is 11.6. The van der Waals surface area contributed by atoms with Gasteiger partial charge in [0, 0.05) is 13.0 Å². The van der Waals surface area contributed by atoms with E-state index in [1.165, 1.54) is 0 Å². The van der Waals surface area contributed by atoms with E-state index in [1.807, 2.05) is 0 Å². The minimum Gasteiger partial charge on any atom is -0.354 e. The summed E-state index contributed by atoms with van der Waals surface area (Å²) in [4.78, 5) is 22.5. The highest BCUT2D eigenvalue weighted by Crippen LogP contribution is 2.06. The smallest absolute Gasteiger partial charge is 0.237 e. The molecule has 2 amide bonds. The fraction of sp³-hybridized carbons (Fsp3) is 0.778. The Morgan fingerprint density at radius 3 is 2.93 bits per heavy atom. The van der Waals surface area contributed by atoms with E-state index in [-0.39, 0.29) is 23.9 Å². The molecule has 2 aliphatic heterocycles. The molecule has 2 unspecified atom stereocenters. The van der Waals surface area contributed by atoms with E-state index in [0.29, 0.717) is 13.0 Å². The van der Waals surface area contributed by atoms with Crippen molar-refractivity contribution in [2.45, 2.75) is 31.3 Å². The Hall–Kier alpha value is -1.10. The summed E-state index contributed by atoms with van der Waals surface area (Å²) in [6.45, 7) is 1.48. The zero-order chi connectivity index (χ0) is 9.97. The van der Waals surface area contributed by atoms with Crippen LogP contribution in [0, 0.1) is 0 Å². The van der Waals surface area contributed by atoms with E-state index in [4.69, 9.17) is 0 Å². The molecule has 78 valence electrons. The zero-order valence-electron chi connectivity index (χ0n) is 8.01. The largest absolute Gasteiger partial charge is 0.354 e. The number of carbonyl (C=O) groups is 2. The third kappa shape index (κ3) is 2.04. The third-order valence-electron chi connectivity index (χ3n) is 2.70. The standard InChI is InChI=1S/C9H15N3O2/c13-8-4-6(5-11-8)12-9(14)7-2-1-3-10-7/h6-7,10H,1-5H2,(H,11,13)(H,12,14). The minimum atomic E-state index is -0.0503. The first-order chi connectivity index (χ1) is 6.75. The molecule has 0 aliphatic carbocycles. The first-order valence-electron chi connectivity index (χ1n) is 5.06. The fourth-order valence-corrected chi connectivity index (χ4v) is 1.92. The molecule has 0 aromatic rings. The van der Waals surface area contributed by atoms with Crippen LogP contribution in [0.5, 0.6) is 0 Å². The van der Waals surface area contributed by atoms with Crippen LogP contribution in [0.1, 0.15) is 19.3 Å². The summed E-state index contributed by atoms with van der Waals surface area (Å²) < 4.78 is 0. The molecule has 0 spiro atoms. The molecule has 0 aromatic heterocycles. The summed E-state index contributed by atoms with van der Waals surface area (Å²) in [5.41, 5.74) is 0. The molecule has 2 atom stereocenters. The van der Waals surface area contributed by atoms with Gasteiger partial charge in [0.2, 0.25) is 11.8 Å². The molecule has 0 aromatic carbocycles. The number of hydrogen-bond acceptors (Lipinski definition) is 3. The average molecular weight is 197 g/mol. The number of rotatable bonds is 2. The Bertz CT molecular complexity index is 248. The number of amides is 2. The topological polar surface area (TPSA) is 70.2 Å². The van der Waals surface area contributed by atoms with Crippen LogP contribution in [0.3, 0.4) is 0 Å². The zero-order valence-corrected chi connectivity index (χ0v) is 8.01. The van der Waals surface area contributed by atoms with Gasteiger partial charge in [0.05, 0.1) is 12.1 Å². The van der Waals surface area contributed by atoms with E-state index in [9.17, 15) is 9.59 Å². The van der Waals surface area contributed by atoms with Crippen molar-refractivity contribution in [2.75, 3.05) is 13.1 Å². The van der Waals surface area contributed by atoms with Gasteiger partial charge >= 0.3 is 0 Å². The van der Waals surface area contributed by atoms with Crippen LogP contribution >= 0.6 is 0 Å². The van der Waals surface area contributed by atoms with Gasteiger partial charge in [-0.15, -0.1) is 0 Å². The van der Waals surface area contributed by atoms with Gasteiger partial charge in [-0.1, -0.05) is 0 Å². The lowest BCUT2D eigenvalue weighted by Gasteiger charge is -2.14. The molecule has 0 bridgehead atoms. The second-order valence-corrected chi connectivity index (χ2v) is 3.86. The van der Waals surface area contributed by atoms with E-state index < -0.39 is 0 Å². The Kier molecular flexibility index (Phi) is 2.67. The van der Waals surface area contributed by atoms with Gasteiger partial charge in [-0.2, -0.15) is 0 Å². The quantitative estimate of drug-likeness (QED) is 0.517. The summed E-state index contributed by atoms with van der Waals surface area (Å²) in [7, 11) is 0. The van der Waals surface area contributed by atoms with Crippen LogP contribution in [-0.4, -0.2) is 37.0 Å². The van der Waals surface area contributed by atoms with Crippen molar-refractivity contribution >= 4 is 11.8 Å². The molecule has 5 nitrogen and oxygen atoms in total. The van der Waals surface area contributed by atoms with E-state index in [0.717, 1.165) is 19.4 Å². The van der Waals surface area contributed by atoms with Gasteiger partial charge in [0.1, 0.15) is 0 Å². The summed E-state index contributed by atoms with van der Waals surface area (Å²) in [6.07, 6.45) is 2.37. The van der Waals surface area contributed by atoms with Crippen LogP contribution in [0.2, 0.25) is 0 Å². The van der Waals surface area contributed by atoms with Gasteiger partial charge in [-0.3, -0.25) is 9.59 Å². The van der Waals surface area contributed by atoms with Gasteiger partial charge in [0.15, 0.2) is 0 Å². The molecule has 0 saturated carbocycles. The Balaban J connectivity index is 1.79. The highest BCUT2D eigenvalue weighted by Gasteiger charge is 2.27. The molecule has 3 N–H and O–H groups in total. The molecule has 2 rings (SSSR count). The number of carbonyl (C=O) groups excluding carboxylic acids is 2. The molecule has 0 radical (unpaired) electrons. The van der Waals surface area contributed by atoms with Gasteiger partial charge in [0.25, 0.3) is 0 Å². The third-order valence-corrected chi connectivity index (χ3v) is 2.70. The molecule has 2 aliphatic rings. The van der Waals surface area contributed by atoms with E-state index in [2.05, 4.69) is 16.0 Å². The van der Waals surface area contributed by atoms with Crippen molar-refractivity contribution in [3.8, 4) is 0 Å². The molecule has 2 fully saturated rings. The first-order valence-corrected chi connectivity index (χ1v) is 5.06. The molecular weight excluding hydrogens is 182 g/mol. The van der Waals surface area contributed by atoms with Crippen LogP contribution in [0.4, 0.5) is 0 Å². The molecule has 2 saturated heterocycles. The SMILES string of the molecule is O=C1CC(NC(=O)C2CCCN2)CN1. The lowest BCUT2D eigenvalue weighted by atomic mass is 10.2. The Labute approximate surface area is 82.6 Å². The molecule has 5 heteroatoms. The number of hydrogen-bond donors (Lipinski definition) is 3. The predicted octanol–water partition coefficient (Wildman–Crippen LogP) is -1.26. The fourth-order valence-electron chi connectivity index (χ4n) is 1.92. The van der Waals surface area contributed by atoms with Crippen molar-refractivity contribution < 1.29 is 9.59 Å². The van der Waals surface area contributed by atoms with Crippen molar-refractivity contribution in [1.29, 1.82) is 0 Å². The summed E-state index contributed by atoms with van der Waals surface area (Å²) in [5.74, 6) is 0.0543.